The molecule has 0 radical (unpaired) electrons. The lowest BCUT2D eigenvalue weighted by Gasteiger charge is -2.27. The van der Waals surface area contributed by atoms with Crippen molar-refractivity contribution in [3.63, 3.8) is 0 Å². The third kappa shape index (κ3) is 5.48. The van der Waals surface area contributed by atoms with Gasteiger partial charge in [-0.1, -0.05) is 55.5 Å². The summed E-state index contributed by atoms with van der Waals surface area (Å²) in [5, 5.41) is 11.8. The number of carbonyl (C=O) groups is 3. The molecule has 8 heteroatoms. The number of hydrogen-bond acceptors (Lipinski definition) is 5. The number of likely N-dealkylation sites (tertiary alicyclic amines) is 1. The number of nitrogens with one attached hydrogen (secondary N) is 1. The minimum Gasteiger partial charge on any atom is -0.481 e. The van der Waals surface area contributed by atoms with Crippen LogP contribution in [-0.2, 0) is 19.1 Å². The van der Waals surface area contributed by atoms with Crippen molar-refractivity contribution >= 4 is 18.0 Å². The molecule has 2 N–H and O–H groups in total. The molecule has 1 aliphatic carbocycles. The molecule has 2 aromatic rings. The molecule has 8 nitrogen and oxygen atoms in total. The number of alkyl carbamates (subject to hydrolysis) is 1. The fourth-order valence-corrected chi connectivity index (χ4v) is 5.21. The lowest BCUT2D eigenvalue weighted by atomic mass is 9.91. The van der Waals surface area contributed by atoms with E-state index in [9.17, 15) is 14.4 Å². The van der Waals surface area contributed by atoms with Crippen molar-refractivity contribution in [2.24, 2.45) is 5.41 Å². The smallest absolute Gasteiger partial charge is 0.407 e. The van der Waals surface area contributed by atoms with Crippen LogP contribution in [-0.4, -0.2) is 67.4 Å². The molecular formula is C27H32N2O6. The summed E-state index contributed by atoms with van der Waals surface area (Å²) in [6.45, 7) is 3.73. The quantitative estimate of drug-likeness (QED) is 0.568. The van der Waals surface area contributed by atoms with Gasteiger partial charge in [0.15, 0.2) is 0 Å². The first kappa shape index (κ1) is 24.7. The number of fused-ring (bicyclic) bond motifs is 3. The second-order valence-electron chi connectivity index (χ2n) is 9.71. The molecule has 1 fully saturated rings. The molecule has 1 aliphatic heterocycles. The van der Waals surface area contributed by atoms with E-state index in [1.165, 1.54) is 0 Å². The predicted molar refractivity (Wildman–Crippen MR) is 130 cm³/mol. The highest BCUT2D eigenvalue weighted by Crippen LogP contribution is 2.44. The largest absolute Gasteiger partial charge is 0.481 e. The van der Waals surface area contributed by atoms with Gasteiger partial charge in [0.05, 0.1) is 6.61 Å². The normalized spacial score (nSPS) is 19.7. The van der Waals surface area contributed by atoms with Crippen molar-refractivity contribution in [1.82, 2.24) is 10.2 Å². The molecule has 4 rings (SSSR count). The number of carboxylic acid groups (broad SMARTS) is 1. The predicted octanol–water partition coefficient (Wildman–Crippen LogP) is 3.64. The minimum atomic E-state index is -1.03. The molecular weight excluding hydrogens is 448 g/mol. The van der Waals surface area contributed by atoms with Crippen molar-refractivity contribution in [2.75, 3.05) is 33.4 Å². The molecule has 2 aliphatic rings. The van der Waals surface area contributed by atoms with Gasteiger partial charge in [0.1, 0.15) is 12.6 Å². The zero-order valence-electron chi connectivity index (χ0n) is 20.2. The Balaban J connectivity index is 1.41. The molecule has 0 bridgehead atoms. The third-order valence-electron chi connectivity index (χ3n) is 6.94. The monoisotopic (exact) mass is 480 g/mol. The van der Waals surface area contributed by atoms with Gasteiger partial charge in [-0.05, 0) is 35.1 Å². The van der Waals surface area contributed by atoms with Gasteiger partial charge < -0.3 is 24.8 Å². The number of nitrogens with zero attached hydrogens (tertiary/aromatic N) is 1. The molecule has 2 amide bonds. The van der Waals surface area contributed by atoms with E-state index in [1.54, 1.807) is 12.0 Å². The van der Waals surface area contributed by atoms with Gasteiger partial charge in [0.25, 0.3) is 0 Å². The maximum Gasteiger partial charge on any atom is 0.407 e. The average Bonchev–Trinajstić information content (AvgIpc) is 3.38. The molecule has 1 heterocycles. The number of methoxy groups -OCH3 is 1. The number of hydrogen-bond donors (Lipinski definition) is 2. The first-order valence-corrected chi connectivity index (χ1v) is 11.9. The van der Waals surface area contributed by atoms with Gasteiger partial charge in [-0.3, -0.25) is 9.59 Å². The summed E-state index contributed by atoms with van der Waals surface area (Å²) in [5.41, 5.74) is 4.27. The summed E-state index contributed by atoms with van der Waals surface area (Å²) in [6.07, 6.45) is -0.183. The van der Waals surface area contributed by atoms with Crippen LogP contribution in [0.25, 0.3) is 11.1 Å². The molecule has 2 atom stereocenters. The molecule has 0 aromatic heterocycles. The Morgan fingerprint density at radius 2 is 1.74 bits per heavy atom. The number of aliphatic carboxylic acids is 1. The number of amides is 2. The van der Waals surface area contributed by atoms with E-state index in [1.807, 2.05) is 36.4 Å². The van der Waals surface area contributed by atoms with E-state index < -0.39 is 18.1 Å². The van der Waals surface area contributed by atoms with Crippen LogP contribution in [0.15, 0.2) is 48.5 Å². The third-order valence-corrected chi connectivity index (χ3v) is 6.94. The Kier molecular flexibility index (Phi) is 7.40. The highest BCUT2D eigenvalue weighted by Gasteiger charge is 2.39. The number of carboxylic acids is 1. The van der Waals surface area contributed by atoms with Crippen LogP contribution >= 0.6 is 0 Å². The van der Waals surface area contributed by atoms with E-state index in [2.05, 4.69) is 24.4 Å². The van der Waals surface area contributed by atoms with Crippen molar-refractivity contribution in [2.45, 2.75) is 38.1 Å². The zero-order chi connectivity index (χ0) is 25.0. The minimum absolute atomic E-state index is 0.00411. The molecule has 1 saturated heterocycles. The Morgan fingerprint density at radius 3 is 2.34 bits per heavy atom. The molecule has 35 heavy (non-hydrogen) atoms. The van der Waals surface area contributed by atoms with Crippen LogP contribution in [0, 0.1) is 5.41 Å². The molecule has 0 saturated carbocycles. The average molecular weight is 481 g/mol. The van der Waals surface area contributed by atoms with E-state index in [0.29, 0.717) is 19.7 Å². The summed E-state index contributed by atoms with van der Waals surface area (Å²) >= 11 is 0. The Bertz CT molecular complexity index is 1060. The van der Waals surface area contributed by atoms with Gasteiger partial charge in [-0.2, -0.15) is 0 Å². The Hall–Kier alpha value is -3.39. The Morgan fingerprint density at radius 1 is 1.11 bits per heavy atom. The highest BCUT2D eigenvalue weighted by molar-refractivity contribution is 5.86. The molecule has 2 aromatic carbocycles. The van der Waals surface area contributed by atoms with Crippen molar-refractivity contribution in [3.05, 3.63) is 59.7 Å². The number of ether oxygens (including phenoxy) is 2. The van der Waals surface area contributed by atoms with Gasteiger partial charge in [0, 0.05) is 38.0 Å². The van der Waals surface area contributed by atoms with E-state index in [0.717, 1.165) is 28.7 Å². The van der Waals surface area contributed by atoms with Crippen LogP contribution < -0.4 is 5.32 Å². The van der Waals surface area contributed by atoms with Gasteiger partial charge in [-0.25, -0.2) is 4.79 Å². The van der Waals surface area contributed by atoms with Crippen molar-refractivity contribution in [1.29, 1.82) is 0 Å². The van der Waals surface area contributed by atoms with Crippen LogP contribution in [0.4, 0.5) is 4.79 Å². The van der Waals surface area contributed by atoms with Gasteiger partial charge in [0.2, 0.25) is 5.91 Å². The molecule has 2 unspecified atom stereocenters. The second kappa shape index (κ2) is 10.5. The van der Waals surface area contributed by atoms with Crippen LogP contribution in [0.2, 0.25) is 0 Å². The number of benzene rings is 2. The fraction of sp³-hybridized carbons (Fsp3) is 0.444. The van der Waals surface area contributed by atoms with Crippen LogP contribution in [0.5, 0.6) is 0 Å². The second-order valence-corrected chi connectivity index (χ2v) is 9.71. The Labute approximate surface area is 205 Å². The highest BCUT2D eigenvalue weighted by atomic mass is 16.5. The maximum atomic E-state index is 13.2. The SMILES string of the molecule is COCC1(C)CCN(C(=O)C(CCC(=O)O)NC(=O)OCC2c3ccccc3-c3ccccc32)C1. The van der Waals surface area contributed by atoms with E-state index in [4.69, 9.17) is 14.6 Å². The van der Waals surface area contributed by atoms with Crippen LogP contribution in [0.3, 0.4) is 0 Å². The van der Waals surface area contributed by atoms with Gasteiger partial charge >= 0.3 is 12.1 Å². The molecule has 0 spiro atoms. The zero-order valence-corrected chi connectivity index (χ0v) is 20.2. The summed E-state index contributed by atoms with van der Waals surface area (Å²) in [5.74, 6) is -1.42. The number of carbonyl (C=O) groups excluding carboxylic acids is 2. The number of rotatable bonds is 9. The summed E-state index contributed by atoms with van der Waals surface area (Å²) in [6, 6.07) is 15.1. The van der Waals surface area contributed by atoms with Gasteiger partial charge in [-0.15, -0.1) is 0 Å². The first-order chi connectivity index (χ1) is 16.8. The summed E-state index contributed by atoms with van der Waals surface area (Å²) in [7, 11) is 1.63. The van der Waals surface area contributed by atoms with Crippen molar-refractivity contribution < 1.29 is 29.0 Å². The standard InChI is InChI=1S/C27H32N2O6/c1-27(17-34-2)13-14-29(16-27)25(32)23(11-12-24(30)31)28-26(33)35-15-22-20-9-5-3-7-18(20)19-8-4-6-10-21(19)22/h3-10,22-23H,11-17H2,1-2H3,(H,28,33)(H,30,31). The fourth-order valence-electron chi connectivity index (χ4n) is 5.21. The van der Waals surface area contributed by atoms with Crippen LogP contribution in [0.1, 0.15) is 43.2 Å². The van der Waals surface area contributed by atoms with Crippen molar-refractivity contribution in [3.8, 4) is 11.1 Å². The summed E-state index contributed by atoms with van der Waals surface area (Å²) < 4.78 is 10.9. The van der Waals surface area contributed by atoms with E-state index >= 15 is 0 Å². The maximum absolute atomic E-state index is 13.2. The summed E-state index contributed by atoms with van der Waals surface area (Å²) in [4.78, 5) is 38.8. The molecule has 186 valence electrons. The lowest BCUT2D eigenvalue weighted by Crippen LogP contribution is -2.49. The topological polar surface area (TPSA) is 105 Å². The lowest BCUT2D eigenvalue weighted by molar-refractivity contribution is -0.138. The first-order valence-electron chi connectivity index (χ1n) is 11.9. The van der Waals surface area contributed by atoms with E-state index in [-0.39, 0.29) is 36.7 Å².